The molecule has 4 N–H and O–H groups in total. The number of rotatable bonds is 8. The van der Waals surface area contributed by atoms with Gasteiger partial charge in [0.2, 0.25) is 5.91 Å². The van der Waals surface area contributed by atoms with Crippen LogP contribution in [0.2, 0.25) is 0 Å². The molecule has 1 fully saturated rings. The number of anilines is 1. The smallest absolute Gasteiger partial charge is 0.269 e. The minimum atomic E-state index is -0.447. The third-order valence-corrected chi connectivity index (χ3v) is 5.17. The third kappa shape index (κ3) is 7.57. The molecule has 1 saturated carbocycles. The highest BCUT2D eigenvalue weighted by Gasteiger charge is 2.29. The number of carbonyl (C=O) groups is 3. The van der Waals surface area contributed by atoms with E-state index in [0.717, 1.165) is 19.3 Å². The summed E-state index contributed by atoms with van der Waals surface area (Å²) in [6.07, 6.45) is 2.71. The Balaban J connectivity index is 1.47. The first-order valence-electron chi connectivity index (χ1n) is 10.9. The highest BCUT2D eigenvalue weighted by Crippen LogP contribution is 2.30. The van der Waals surface area contributed by atoms with Gasteiger partial charge in [-0.05, 0) is 73.8 Å². The van der Waals surface area contributed by atoms with Crippen LogP contribution in [0.15, 0.2) is 48.5 Å². The Bertz CT molecular complexity index is 1020. The lowest BCUT2D eigenvalue weighted by Crippen LogP contribution is -2.48. The summed E-state index contributed by atoms with van der Waals surface area (Å²) in [6.45, 7) is 4.70. The topological polar surface area (TPSA) is 109 Å². The number of hydrazine groups is 1. The van der Waals surface area contributed by atoms with Gasteiger partial charge >= 0.3 is 0 Å². The molecule has 2 aromatic rings. The van der Waals surface area contributed by atoms with E-state index in [0.29, 0.717) is 35.1 Å². The van der Waals surface area contributed by atoms with Crippen molar-refractivity contribution in [2.45, 2.75) is 33.1 Å². The lowest BCUT2D eigenvalue weighted by atomic mass is 10.1. The predicted molar refractivity (Wildman–Crippen MR) is 130 cm³/mol. The van der Waals surface area contributed by atoms with Gasteiger partial charge in [-0.1, -0.05) is 26.0 Å². The monoisotopic (exact) mass is 468 g/mol. The standard InChI is InChI=1S/C24H28N4O4S/c1-15(2)13-14-32-20-6-4-3-5-19(20)23(31)26-24(33)28-27-22(30)17-9-11-18(12-10-17)25-21(29)16-7-8-16/h3-6,9-12,15-16H,7-8,13-14H2,1-2H3,(H,25,29)(H,27,30)(H2,26,28,31,33). The van der Waals surface area contributed by atoms with E-state index in [1.165, 1.54) is 0 Å². The normalized spacial score (nSPS) is 12.6. The van der Waals surface area contributed by atoms with E-state index in [1.54, 1.807) is 48.5 Å². The highest BCUT2D eigenvalue weighted by molar-refractivity contribution is 7.80. The van der Waals surface area contributed by atoms with Gasteiger partial charge in [0, 0.05) is 17.2 Å². The molecule has 3 amide bonds. The summed E-state index contributed by atoms with van der Waals surface area (Å²) >= 11 is 5.12. The summed E-state index contributed by atoms with van der Waals surface area (Å²) in [7, 11) is 0. The van der Waals surface area contributed by atoms with Crippen LogP contribution in [0.3, 0.4) is 0 Å². The first-order valence-corrected chi connectivity index (χ1v) is 11.3. The fraction of sp³-hybridized carbons (Fsp3) is 0.333. The summed E-state index contributed by atoms with van der Waals surface area (Å²) in [5.74, 6) is 0.177. The molecule has 3 rings (SSSR count). The average molecular weight is 469 g/mol. The van der Waals surface area contributed by atoms with Crippen molar-refractivity contribution in [1.29, 1.82) is 0 Å². The van der Waals surface area contributed by atoms with Crippen molar-refractivity contribution in [2.24, 2.45) is 11.8 Å². The molecule has 174 valence electrons. The lowest BCUT2D eigenvalue weighted by molar-refractivity contribution is -0.117. The molecule has 0 heterocycles. The number of amides is 3. The summed E-state index contributed by atoms with van der Waals surface area (Å²) < 4.78 is 5.74. The number of hydrogen-bond acceptors (Lipinski definition) is 5. The molecule has 0 unspecified atom stereocenters. The number of thiocarbonyl (C=S) groups is 1. The van der Waals surface area contributed by atoms with Gasteiger partial charge in [-0.3, -0.25) is 30.6 Å². The van der Waals surface area contributed by atoms with Crippen molar-refractivity contribution in [3.63, 3.8) is 0 Å². The number of carbonyl (C=O) groups excluding carboxylic acids is 3. The summed E-state index contributed by atoms with van der Waals surface area (Å²) in [5.41, 5.74) is 6.31. The van der Waals surface area contributed by atoms with Crippen LogP contribution < -0.4 is 26.2 Å². The number of benzene rings is 2. The maximum atomic E-state index is 12.6. The molecular formula is C24H28N4O4S. The lowest BCUT2D eigenvalue weighted by Gasteiger charge is -2.14. The van der Waals surface area contributed by atoms with Crippen molar-refractivity contribution < 1.29 is 19.1 Å². The molecule has 0 aliphatic heterocycles. The van der Waals surface area contributed by atoms with E-state index in [-0.39, 0.29) is 16.9 Å². The van der Waals surface area contributed by atoms with Gasteiger partial charge in [0.05, 0.1) is 12.2 Å². The average Bonchev–Trinajstić information content (AvgIpc) is 3.64. The zero-order valence-corrected chi connectivity index (χ0v) is 19.5. The van der Waals surface area contributed by atoms with E-state index >= 15 is 0 Å². The number of hydrogen-bond donors (Lipinski definition) is 4. The molecule has 0 atom stereocenters. The molecule has 0 saturated heterocycles. The summed E-state index contributed by atoms with van der Waals surface area (Å²) in [6, 6.07) is 13.4. The number of nitrogens with one attached hydrogen (secondary N) is 4. The Hall–Kier alpha value is -3.46. The zero-order valence-electron chi connectivity index (χ0n) is 18.6. The maximum absolute atomic E-state index is 12.6. The van der Waals surface area contributed by atoms with Crippen LogP contribution >= 0.6 is 12.2 Å². The molecule has 2 aromatic carbocycles. The SMILES string of the molecule is CC(C)CCOc1ccccc1C(=O)NC(=S)NNC(=O)c1ccc(NC(=O)C2CC2)cc1. The van der Waals surface area contributed by atoms with Crippen LogP contribution in [0.25, 0.3) is 0 Å². The van der Waals surface area contributed by atoms with Crippen molar-refractivity contribution in [1.82, 2.24) is 16.2 Å². The van der Waals surface area contributed by atoms with Crippen LogP contribution in [0.4, 0.5) is 5.69 Å². The van der Waals surface area contributed by atoms with Crippen molar-refractivity contribution >= 4 is 40.7 Å². The minimum Gasteiger partial charge on any atom is -0.493 e. The second kappa shape index (κ2) is 11.4. The van der Waals surface area contributed by atoms with Gasteiger partial charge in [-0.25, -0.2) is 0 Å². The Labute approximate surface area is 198 Å². The Kier molecular flexibility index (Phi) is 8.37. The van der Waals surface area contributed by atoms with Crippen molar-refractivity contribution in [2.75, 3.05) is 11.9 Å². The van der Waals surface area contributed by atoms with Crippen molar-refractivity contribution in [3.05, 3.63) is 59.7 Å². The molecule has 1 aliphatic carbocycles. The third-order valence-electron chi connectivity index (χ3n) is 4.96. The van der Waals surface area contributed by atoms with Gasteiger partial charge in [0.1, 0.15) is 5.75 Å². The van der Waals surface area contributed by atoms with Crippen molar-refractivity contribution in [3.8, 4) is 5.75 Å². The second-order valence-corrected chi connectivity index (χ2v) is 8.64. The molecular weight excluding hydrogens is 440 g/mol. The molecule has 0 radical (unpaired) electrons. The molecule has 0 spiro atoms. The van der Waals surface area contributed by atoms with E-state index in [2.05, 4.69) is 35.3 Å². The van der Waals surface area contributed by atoms with Gasteiger partial charge in [0.25, 0.3) is 11.8 Å². The number of ether oxygens (including phenoxy) is 1. The maximum Gasteiger partial charge on any atom is 0.269 e. The second-order valence-electron chi connectivity index (χ2n) is 8.23. The van der Waals surface area contributed by atoms with Crippen LogP contribution in [-0.4, -0.2) is 29.4 Å². The Morgan fingerprint density at radius 1 is 1.00 bits per heavy atom. The minimum absolute atomic E-state index is 0.00172. The first-order chi connectivity index (χ1) is 15.8. The fourth-order valence-corrected chi connectivity index (χ4v) is 3.01. The van der Waals surface area contributed by atoms with E-state index < -0.39 is 11.8 Å². The van der Waals surface area contributed by atoms with Gasteiger partial charge in [-0.2, -0.15) is 0 Å². The Morgan fingerprint density at radius 3 is 2.36 bits per heavy atom. The van der Waals surface area contributed by atoms with E-state index in [4.69, 9.17) is 17.0 Å². The number of para-hydroxylation sites is 1. The van der Waals surface area contributed by atoms with Crippen LogP contribution in [0.1, 0.15) is 53.8 Å². The van der Waals surface area contributed by atoms with E-state index in [1.807, 2.05) is 0 Å². The first kappa shape index (κ1) is 24.2. The fourth-order valence-electron chi connectivity index (χ4n) is 2.87. The predicted octanol–water partition coefficient (Wildman–Crippen LogP) is 3.41. The summed E-state index contributed by atoms with van der Waals surface area (Å²) in [5, 5.41) is 5.29. The largest absolute Gasteiger partial charge is 0.493 e. The molecule has 33 heavy (non-hydrogen) atoms. The molecule has 0 bridgehead atoms. The van der Waals surface area contributed by atoms with Crippen LogP contribution in [0, 0.1) is 11.8 Å². The van der Waals surface area contributed by atoms with Gasteiger partial charge < -0.3 is 10.1 Å². The van der Waals surface area contributed by atoms with Crippen LogP contribution in [0.5, 0.6) is 5.75 Å². The summed E-state index contributed by atoms with van der Waals surface area (Å²) in [4.78, 5) is 36.7. The molecule has 8 nitrogen and oxygen atoms in total. The Morgan fingerprint density at radius 2 is 1.70 bits per heavy atom. The van der Waals surface area contributed by atoms with E-state index in [9.17, 15) is 14.4 Å². The molecule has 1 aliphatic rings. The zero-order chi connectivity index (χ0) is 23.8. The highest BCUT2D eigenvalue weighted by atomic mass is 32.1. The molecule has 0 aromatic heterocycles. The van der Waals surface area contributed by atoms with Gasteiger partial charge in [-0.15, -0.1) is 0 Å². The van der Waals surface area contributed by atoms with Gasteiger partial charge in [0.15, 0.2) is 5.11 Å². The van der Waals surface area contributed by atoms with Crippen LogP contribution in [-0.2, 0) is 4.79 Å². The molecule has 9 heteroatoms. The quantitative estimate of drug-likeness (QED) is 0.349.